The summed E-state index contributed by atoms with van der Waals surface area (Å²) in [5.74, 6) is 0.151. The molecule has 0 unspecified atom stereocenters. The van der Waals surface area contributed by atoms with Crippen LogP contribution in [0.15, 0.2) is 24.3 Å². The minimum atomic E-state index is 0.00757. The second-order valence-electron chi connectivity index (χ2n) is 3.91. The van der Waals surface area contributed by atoms with Gasteiger partial charge in [0.15, 0.2) is 5.78 Å². The fourth-order valence-corrected chi connectivity index (χ4v) is 1.86. The van der Waals surface area contributed by atoms with E-state index in [9.17, 15) is 9.59 Å². The van der Waals surface area contributed by atoms with E-state index in [2.05, 4.69) is 0 Å². The third-order valence-corrected chi connectivity index (χ3v) is 2.90. The lowest BCUT2D eigenvalue weighted by atomic mass is 10.1. The van der Waals surface area contributed by atoms with Gasteiger partial charge in [-0.05, 0) is 17.7 Å². The third kappa shape index (κ3) is 2.61. The smallest absolute Gasteiger partial charge is 0.227 e. The van der Waals surface area contributed by atoms with Crippen molar-refractivity contribution in [1.82, 2.24) is 4.90 Å². The van der Waals surface area contributed by atoms with Crippen LogP contribution in [0, 0.1) is 0 Å². The quantitative estimate of drug-likeness (QED) is 0.785. The molecule has 3 nitrogen and oxygen atoms in total. The second kappa shape index (κ2) is 4.66. The topological polar surface area (TPSA) is 37.4 Å². The summed E-state index contributed by atoms with van der Waals surface area (Å²) >= 11 is 5.75. The Labute approximate surface area is 99.0 Å². The first-order valence-electron chi connectivity index (χ1n) is 5.19. The minimum absolute atomic E-state index is 0.00757. The molecule has 16 heavy (non-hydrogen) atoms. The number of carbonyl (C=O) groups is 2. The normalized spacial score (nSPS) is 15.6. The Morgan fingerprint density at radius 1 is 1.31 bits per heavy atom. The van der Waals surface area contributed by atoms with Crippen molar-refractivity contribution in [2.75, 3.05) is 13.1 Å². The molecular weight excluding hydrogens is 226 g/mol. The summed E-state index contributed by atoms with van der Waals surface area (Å²) in [6, 6.07) is 7.19. The molecule has 1 aliphatic rings. The molecule has 1 amide bonds. The number of rotatable bonds is 2. The monoisotopic (exact) mass is 237 g/mol. The maximum absolute atomic E-state index is 11.8. The molecule has 0 radical (unpaired) electrons. The Hall–Kier alpha value is -1.35. The van der Waals surface area contributed by atoms with Crippen LogP contribution in [0.3, 0.4) is 0 Å². The van der Waals surface area contributed by atoms with Gasteiger partial charge in [-0.2, -0.15) is 0 Å². The molecule has 0 aliphatic carbocycles. The van der Waals surface area contributed by atoms with Gasteiger partial charge >= 0.3 is 0 Å². The SMILES string of the molecule is O=C1CCN(C(=O)Cc2ccc(Cl)cc2)C1. The standard InChI is InChI=1S/C12H12ClNO2/c13-10-3-1-9(2-4-10)7-12(16)14-6-5-11(15)8-14/h1-4H,5-8H2. The summed E-state index contributed by atoms with van der Waals surface area (Å²) in [5.41, 5.74) is 0.925. The van der Waals surface area contributed by atoms with Gasteiger partial charge in [0.25, 0.3) is 0 Å². The van der Waals surface area contributed by atoms with Crippen LogP contribution in [-0.4, -0.2) is 29.7 Å². The van der Waals surface area contributed by atoms with E-state index in [0.29, 0.717) is 24.4 Å². The van der Waals surface area contributed by atoms with Crippen molar-refractivity contribution in [3.05, 3.63) is 34.9 Å². The molecule has 1 heterocycles. The highest BCUT2D eigenvalue weighted by molar-refractivity contribution is 6.30. The zero-order chi connectivity index (χ0) is 11.5. The number of nitrogens with zero attached hydrogens (tertiary/aromatic N) is 1. The van der Waals surface area contributed by atoms with E-state index in [1.807, 2.05) is 12.1 Å². The predicted molar refractivity (Wildman–Crippen MR) is 61.4 cm³/mol. The van der Waals surface area contributed by atoms with Crippen molar-refractivity contribution in [2.24, 2.45) is 0 Å². The van der Waals surface area contributed by atoms with Gasteiger partial charge in [-0.15, -0.1) is 0 Å². The fraction of sp³-hybridized carbons (Fsp3) is 0.333. The first kappa shape index (κ1) is 11.1. The summed E-state index contributed by atoms with van der Waals surface area (Å²) in [7, 11) is 0. The molecule has 84 valence electrons. The molecule has 4 heteroatoms. The third-order valence-electron chi connectivity index (χ3n) is 2.65. The molecule has 1 aromatic carbocycles. The van der Waals surface area contributed by atoms with Gasteiger partial charge in [0.05, 0.1) is 13.0 Å². The predicted octanol–water partition coefficient (Wildman–Crippen LogP) is 1.68. The molecule has 0 N–H and O–H groups in total. The Balaban J connectivity index is 1.97. The zero-order valence-electron chi connectivity index (χ0n) is 8.78. The van der Waals surface area contributed by atoms with E-state index >= 15 is 0 Å². The number of amides is 1. The van der Waals surface area contributed by atoms with Crippen LogP contribution in [0.2, 0.25) is 5.02 Å². The number of likely N-dealkylation sites (tertiary alicyclic amines) is 1. The van der Waals surface area contributed by atoms with Crippen molar-refractivity contribution in [1.29, 1.82) is 0 Å². The molecule has 1 fully saturated rings. The van der Waals surface area contributed by atoms with Gasteiger partial charge in [0, 0.05) is 18.0 Å². The number of hydrogen-bond acceptors (Lipinski definition) is 2. The lowest BCUT2D eigenvalue weighted by Crippen LogP contribution is -2.30. The average Bonchev–Trinajstić information content (AvgIpc) is 2.68. The van der Waals surface area contributed by atoms with Crippen LogP contribution in [-0.2, 0) is 16.0 Å². The van der Waals surface area contributed by atoms with Crippen LogP contribution >= 0.6 is 11.6 Å². The molecule has 0 bridgehead atoms. The van der Waals surface area contributed by atoms with E-state index in [-0.39, 0.29) is 18.2 Å². The van der Waals surface area contributed by atoms with Gasteiger partial charge in [-0.1, -0.05) is 23.7 Å². The van der Waals surface area contributed by atoms with E-state index in [1.54, 1.807) is 17.0 Å². The fourth-order valence-electron chi connectivity index (χ4n) is 1.73. The first-order valence-corrected chi connectivity index (χ1v) is 5.57. The van der Waals surface area contributed by atoms with E-state index in [0.717, 1.165) is 5.56 Å². The summed E-state index contributed by atoms with van der Waals surface area (Å²) < 4.78 is 0. The number of ketones is 1. The van der Waals surface area contributed by atoms with Gasteiger partial charge in [-0.3, -0.25) is 9.59 Å². The highest BCUT2D eigenvalue weighted by Crippen LogP contribution is 2.12. The molecule has 1 aliphatic heterocycles. The lowest BCUT2D eigenvalue weighted by molar-refractivity contribution is -0.131. The van der Waals surface area contributed by atoms with Gasteiger partial charge < -0.3 is 4.90 Å². The number of Topliss-reactive ketones (excluding diaryl/α,β-unsaturated/α-hetero) is 1. The highest BCUT2D eigenvalue weighted by Gasteiger charge is 2.23. The van der Waals surface area contributed by atoms with Crippen LogP contribution in [0.4, 0.5) is 0 Å². The molecule has 0 saturated carbocycles. The number of carbonyl (C=O) groups excluding carboxylic acids is 2. The Bertz CT molecular complexity index is 414. The molecule has 0 aromatic heterocycles. The van der Waals surface area contributed by atoms with Crippen molar-refractivity contribution in [3.8, 4) is 0 Å². The van der Waals surface area contributed by atoms with Gasteiger partial charge in [0.2, 0.25) is 5.91 Å². The molecule has 1 aromatic rings. The highest BCUT2D eigenvalue weighted by atomic mass is 35.5. The van der Waals surface area contributed by atoms with Gasteiger partial charge in [-0.25, -0.2) is 0 Å². The molecule has 1 saturated heterocycles. The van der Waals surface area contributed by atoms with Crippen molar-refractivity contribution < 1.29 is 9.59 Å². The number of halogens is 1. The summed E-state index contributed by atoms with van der Waals surface area (Å²) in [6.45, 7) is 0.831. The van der Waals surface area contributed by atoms with Crippen LogP contribution in [0.25, 0.3) is 0 Å². The van der Waals surface area contributed by atoms with Gasteiger partial charge in [0.1, 0.15) is 0 Å². The van der Waals surface area contributed by atoms with Crippen LogP contribution in [0.1, 0.15) is 12.0 Å². The molecule has 0 spiro atoms. The summed E-state index contributed by atoms with van der Waals surface area (Å²) in [6.07, 6.45) is 0.830. The Morgan fingerprint density at radius 2 is 2.00 bits per heavy atom. The molecule has 0 atom stereocenters. The van der Waals surface area contributed by atoms with Crippen molar-refractivity contribution in [3.63, 3.8) is 0 Å². The average molecular weight is 238 g/mol. The van der Waals surface area contributed by atoms with E-state index < -0.39 is 0 Å². The van der Waals surface area contributed by atoms with E-state index in [1.165, 1.54) is 0 Å². The first-order chi connectivity index (χ1) is 7.65. The minimum Gasteiger partial charge on any atom is -0.335 e. The maximum Gasteiger partial charge on any atom is 0.227 e. The molecule has 2 rings (SSSR count). The zero-order valence-corrected chi connectivity index (χ0v) is 9.54. The Kier molecular flexibility index (Phi) is 3.25. The van der Waals surface area contributed by atoms with E-state index in [4.69, 9.17) is 11.6 Å². The van der Waals surface area contributed by atoms with Crippen molar-refractivity contribution in [2.45, 2.75) is 12.8 Å². The molecular formula is C12H12ClNO2. The summed E-state index contributed by atoms with van der Waals surface area (Å²) in [4.78, 5) is 24.4. The largest absolute Gasteiger partial charge is 0.335 e. The second-order valence-corrected chi connectivity index (χ2v) is 4.34. The summed E-state index contributed by atoms with van der Waals surface area (Å²) in [5, 5.41) is 0.660. The van der Waals surface area contributed by atoms with Crippen LogP contribution < -0.4 is 0 Å². The number of benzene rings is 1. The number of hydrogen-bond donors (Lipinski definition) is 0. The maximum atomic E-state index is 11.8. The Morgan fingerprint density at radius 3 is 2.56 bits per heavy atom. The van der Waals surface area contributed by atoms with Crippen LogP contribution in [0.5, 0.6) is 0 Å². The van der Waals surface area contributed by atoms with Crippen molar-refractivity contribution >= 4 is 23.3 Å². The lowest BCUT2D eigenvalue weighted by Gasteiger charge is -2.13.